The largest absolute Gasteiger partial charge is 0.445 e. The van der Waals surface area contributed by atoms with Crippen molar-refractivity contribution >= 4 is 42.3 Å². The molecule has 1 aromatic carbocycles. The molecule has 358 valence electrons. The first-order valence-corrected chi connectivity index (χ1v) is 21.5. The van der Waals surface area contributed by atoms with Crippen molar-refractivity contribution in [1.82, 2.24) is 37.2 Å². The minimum atomic E-state index is -1.13. The summed E-state index contributed by atoms with van der Waals surface area (Å²) in [4.78, 5) is 89.8. The molecule has 1 rings (SSSR count). The SMILES string of the molecule is CC(C)(C)OC(=O)NCCC[C@@H](CNC(=O)C[C@H](CCCNC(=O)OC(C)(C)C)NC(=O)[C@H](CCCNC(=O)OC(C)(C)C)NC(=O)OCc1ccccc1)NC(=O)OC(C)(C)C. The summed E-state index contributed by atoms with van der Waals surface area (Å²) in [5.74, 6) is -1.07. The number of hydrogen-bond acceptors (Lipinski definition) is 12. The molecule has 0 aromatic heterocycles. The van der Waals surface area contributed by atoms with Gasteiger partial charge in [0.05, 0.1) is 0 Å². The van der Waals surface area contributed by atoms with E-state index in [0.717, 1.165) is 5.56 Å². The summed E-state index contributed by atoms with van der Waals surface area (Å²) in [6.45, 7) is 21.3. The van der Waals surface area contributed by atoms with Gasteiger partial charge >= 0.3 is 30.5 Å². The van der Waals surface area contributed by atoms with Crippen molar-refractivity contribution in [3.63, 3.8) is 0 Å². The van der Waals surface area contributed by atoms with Gasteiger partial charge in [-0.2, -0.15) is 0 Å². The number of carbonyl (C=O) groups is 7. The van der Waals surface area contributed by atoms with E-state index in [9.17, 15) is 33.6 Å². The Labute approximate surface area is 373 Å². The van der Waals surface area contributed by atoms with E-state index in [4.69, 9.17) is 23.7 Å². The van der Waals surface area contributed by atoms with Crippen LogP contribution in [0.15, 0.2) is 30.3 Å². The van der Waals surface area contributed by atoms with Gasteiger partial charge in [-0.15, -0.1) is 0 Å². The van der Waals surface area contributed by atoms with Crippen molar-refractivity contribution in [1.29, 1.82) is 0 Å². The van der Waals surface area contributed by atoms with Gasteiger partial charge in [0.2, 0.25) is 11.8 Å². The molecule has 0 aliphatic carbocycles. The van der Waals surface area contributed by atoms with E-state index in [2.05, 4.69) is 37.2 Å². The Bertz CT molecular complexity index is 1600. The first-order chi connectivity index (χ1) is 29.1. The van der Waals surface area contributed by atoms with Gasteiger partial charge in [-0.25, -0.2) is 24.0 Å². The molecule has 0 fully saturated rings. The van der Waals surface area contributed by atoms with Gasteiger partial charge in [-0.05, 0) is 127 Å². The average Bonchev–Trinajstić information content (AvgIpc) is 3.11. The summed E-state index contributed by atoms with van der Waals surface area (Å²) in [6, 6.07) is 6.49. The summed E-state index contributed by atoms with van der Waals surface area (Å²) in [7, 11) is 0. The van der Waals surface area contributed by atoms with Crippen LogP contribution in [0.3, 0.4) is 0 Å². The lowest BCUT2D eigenvalue weighted by Gasteiger charge is -2.25. The van der Waals surface area contributed by atoms with Crippen LogP contribution in [0, 0.1) is 0 Å². The maximum atomic E-state index is 13.9. The predicted octanol–water partition coefficient (Wildman–Crippen LogP) is 6.08. The second-order valence-corrected chi connectivity index (χ2v) is 19.0. The van der Waals surface area contributed by atoms with E-state index in [0.29, 0.717) is 19.3 Å². The zero-order valence-corrected chi connectivity index (χ0v) is 39.5. The topological polar surface area (TPSA) is 250 Å². The highest BCUT2D eigenvalue weighted by atomic mass is 16.6. The molecule has 0 bridgehead atoms. The summed E-state index contributed by atoms with van der Waals surface area (Å²) >= 11 is 0. The molecule has 0 saturated heterocycles. The Kier molecular flexibility index (Phi) is 23.7. The Morgan fingerprint density at radius 2 is 0.921 bits per heavy atom. The number of alkyl carbamates (subject to hydrolysis) is 5. The fourth-order valence-corrected chi connectivity index (χ4v) is 5.45. The Balaban J connectivity index is 3.16. The number of carbonyl (C=O) groups excluding carboxylic acids is 7. The van der Waals surface area contributed by atoms with Crippen molar-refractivity contribution in [3.05, 3.63) is 35.9 Å². The Morgan fingerprint density at radius 3 is 1.38 bits per heavy atom. The van der Waals surface area contributed by atoms with Crippen LogP contribution in [-0.2, 0) is 39.9 Å². The van der Waals surface area contributed by atoms with Gasteiger partial charge in [-0.1, -0.05) is 30.3 Å². The number of amides is 7. The highest BCUT2D eigenvalue weighted by Crippen LogP contribution is 2.12. The van der Waals surface area contributed by atoms with E-state index in [1.54, 1.807) is 107 Å². The Hall–Kier alpha value is -5.49. The molecule has 1 aromatic rings. The number of benzene rings is 1. The summed E-state index contributed by atoms with van der Waals surface area (Å²) in [5, 5.41) is 19.1. The first-order valence-electron chi connectivity index (χ1n) is 21.5. The van der Waals surface area contributed by atoms with Crippen LogP contribution in [0.4, 0.5) is 24.0 Å². The van der Waals surface area contributed by atoms with Gasteiger partial charge in [-0.3, -0.25) is 9.59 Å². The quantitative estimate of drug-likeness (QED) is 0.0517. The first kappa shape index (κ1) is 55.5. The third-order valence-electron chi connectivity index (χ3n) is 8.00. The van der Waals surface area contributed by atoms with Crippen LogP contribution >= 0.6 is 0 Å². The van der Waals surface area contributed by atoms with Crippen LogP contribution in [0.1, 0.15) is 134 Å². The van der Waals surface area contributed by atoms with Crippen LogP contribution in [-0.4, -0.2) is 109 Å². The van der Waals surface area contributed by atoms with Gasteiger partial charge in [0.15, 0.2) is 0 Å². The van der Waals surface area contributed by atoms with Gasteiger partial charge < -0.3 is 60.9 Å². The second kappa shape index (κ2) is 26.9. The zero-order valence-electron chi connectivity index (χ0n) is 39.5. The lowest BCUT2D eigenvalue weighted by atomic mass is 10.0. The molecular weight excluding hydrogens is 819 g/mol. The van der Waals surface area contributed by atoms with Gasteiger partial charge in [0, 0.05) is 44.7 Å². The molecule has 0 aliphatic heterocycles. The Morgan fingerprint density at radius 1 is 0.492 bits per heavy atom. The van der Waals surface area contributed by atoms with Gasteiger partial charge in [0.1, 0.15) is 35.1 Å². The normalized spacial score (nSPS) is 13.1. The van der Waals surface area contributed by atoms with Gasteiger partial charge in [0.25, 0.3) is 0 Å². The molecule has 7 amide bonds. The predicted molar refractivity (Wildman–Crippen MR) is 237 cm³/mol. The van der Waals surface area contributed by atoms with Crippen molar-refractivity contribution in [2.24, 2.45) is 0 Å². The average molecular weight is 894 g/mol. The molecule has 0 heterocycles. The van der Waals surface area contributed by atoms with Crippen LogP contribution in [0.2, 0.25) is 0 Å². The molecule has 0 radical (unpaired) electrons. The number of nitrogens with one attached hydrogen (secondary N) is 7. The van der Waals surface area contributed by atoms with E-state index < -0.39 is 82.8 Å². The smallest absolute Gasteiger partial charge is 0.408 e. The number of hydrogen-bond donors (Lipinski definition) is 7. The van der Waals surface area contributed by atoms with Crippen LogP contribution < -0.4 is 37.2 Å². The molecule has 19 heteroatoms. The molecule has 0 saturated carbocycles. The molecule has 63 heavy (non-hydrogen) atoms. The maximum absolute atomic E-state index is 13.9. The second-order valence-electron chi connectivity index (χ2n) is 19.0. The van der Waals surface area contributed by atoms with Crippen LogP contribution in [0.5, 0.6) is 0 Å². The zero-order chi connectivity index (χ0) is 47.9. The fourth-order valence-electron chi connectivity index (χ4n) is 5.45. The molecule has 0 spiro atoms. The summed E-state index contributed by atoms with van der Waals surface area (Å²) in [6.07, 6.45) is -1.89. The number of ether oxygens (including phenoxy) is 5. The lowest BCUT2D eigenvalue weighted by molar-refractivity contribution is -0.125. The monoisotopic (exact) mass is 894 g/mol. The molecule has 7 N–H and O–H groups in total. The van der Waals surface area contributed by atoms with Crippen LogP contribution in [0.25, 0.3) is 0 Å². The highest BCUT2D eigenvalue weighted by molar-refractivity contribution is 5.86. The van der Waals surface area contributed by atoms with Crippen molar-refractivity contribution in [3.8, 4) is 0 Å². The highest BCUT2D eigenvalue weighted by Gasteiger charge is 2.27. The summed E-state index contributed by atoms with van der Waals surface area (Å²) in [5.41, 5.74) is -2.14. The third-order valence-corrected chi connectivity index (χ3v) is 8.00. The summed E-state index contributed by atoms with van der Waals surface area (Å²) < 4.78 is 26.7. The van der Waals surface area contributed by atoms with E-state index >= 15 is 0 Å². The van der Waals surface area contributed by atoms with E-state index in [1.807, 2.05) is 6.07 Å². The number of rotatable bonds is 22. The maximum Gasteiger partial charge on any atom is 0.408 e. The lowest BCUT2D eigenvalue weighted by Crippen LogP contribution is -2.51. The molecule has 19 nitrogen and oxygen atoms in total. The van der Waals surface area contributed by atoms with E-state index in [-0.39, 0.29) is 58.5 Å². The van der Waals surface area contributed by atoms with E-state index in [1.165, 1.54) is 0 Å². The van der Waals surface area contributed by atoms with Crippen molar-refractivity contribution < 1.29 is 57.2 Å². The minimum Gasteiger partial charge on any atom is -0.445 e. The molecule has 0 aliphatic rings. The van der Waals surface area contributed by atoms with Crippen molar-refractivity contribution in [2.45, 2.75) is 175 Å². The molecule has 3 atom stereocenters. The third kappa shape index (κ3) is 31.1. The fraction of sp³-hybridized carbons (Fsp3) is 0.705. The standard InChI is InChI=1S/C44H75N7O12/c1-41(2,3)60-36(54)45-24-16-21-31(27-34(52)48-28-32(50-40(58)63-44(10,11)12)22-17-25-46-37(55)61-42(4,5)6)49-35(53)33(23-18-26-47-38(56)62-43(7,8)9)51-39(57)59-29-30-19-14-13-15-20-30/h13-15,19-20,31-33H,16-18,21-29H2,1-12H3,(H,45,54)(H,46,55)(H,47,56)(H,48,52)(H,49,53)(H,50,58)(H,51,57)/t31-,32-,33-/m0/s1. The van der Waals surface area contributed by atoms with Crippen molar-refractivity contribution in [2.75, 3.05) is 26.2 Å². The minimum absolute atomic E-state index is 0.00648. The molecule has 0 unspecified atom stereocenters. The molecular formula is C44H75N7O12.